The molecule has 4 nitrogen and oxygen atoms in total. The molecule has 0 saturated carbocycles. The minimum Gasteiger partial charge on any atom is -0.382 e. The Hall–Kier alpha value is -0.820. The highest BCUT2D eigenvalue weighted by Gasteiger charge is 1.97. The first-order valence-corrected chi connectivity index (χ1v) is 6.35. The van der Waals surface area contributed by atoms with E-state index in [9.17, 15) is 0 Å². The van der Waals surface area contributed by atoms with Crippen molar-refractivity contribution in [2.75, 3.05) is 25.1 Å². The topological polar surface area (TPSA) is 59.6 Å². The van der Waals surface area contributed by atoms with Gasteiger partial charge in [-0.05, 0) is 50.5 Å². The van der Waals surface area contributed by atoms with Crippen molar-refractivity contribution in [3.8, 4) is 0 Å². The Morgan fingerprint density at radius 1 is 1.32 bits per heavy atom. The molecule has 0 aliphatic carbocycles. The second-order valence-electron chi connectivity index (χ2n) is 4.24. The molecule has 0 aromatic heterocycles. The van der Waals surface area contributed by atoms with Gasteiger partial charge >= 0.3 is 0 Å². The predicted molar refractivity (Wildman–Crippen MR) is 92.6 cm³/mol. The molecule has 5 heteroatoms. The molecular formula is C14H24IN3O. The zero-order chi connectivity index (χ0) is 13.4. The Balaban J connectivity index is 0.00000324. The molecule has 0 radical (unpaired) electrons. The number of nitrogens with two attached hydrogens (primary N) is 1. The van der Waals surface area contributed by atoms with Crippen LogP contribution in [0, 0.1) is 13.8 Å². The van der Waals surface area contributed by atoms with Crippen LogP contribution in [0.4, 0.5) is 5.69 Å². The van der Waals surface area contributed by atoms with Crippen LogP contribution in [0.15, 0.2) is 23.2 Å². The van der Waals surface area contributed by atoms with Crippen molar-refractivity contribution in [3.05, 3.63) is 29.3 Å². The number of hydrogen-bond acceptors (Lipinski definition) is 2. The number of aliphatic imine (C=N–C) groups is 1. The molecule has 0 aliphatic rings. The van der Waals surface area contributed by atoms with Crippen LogP contribution in [0.25, 0.3) is 0 Å². The molecule has 1 aromatic carbocycles. The zero-order valence-electron chi connectivity index (χ0n) is 11.9. The summed E-state index contributed by atoms with van der Waals surface area (Å²) in [7, 11) is 0. The fraction of sp³-hybridized carbons (Fsp3) is 0.500. The summed E-state index contributed by atoms with van der Waals surface area (Å²) in [6, 6.07) is 6.14. The Bertz CT molecular complexity index is 408. The molecule has 0 amide bonds. The first kappa shape index (κ1) is 18.2. The second kappa shape index (κ2) is 10.0. The largest absolute Gasteiger partial charge is 0.382 e. The Labute approximate surface area is 132 Å². The number of anilines is 1. The van der Waals surface area contributed by atoms with Crippen LogP contribution < -0.4 is 11.1 Å². The first-order chi connectivity index (χ1) is 8.63. The van der Waals surface area contributed by atoms with Crippen LogP contribution in [-0.2, 0) is 4.74 Å². The molecule has 1 rings (SSSR count). The van der Waals surface area contributed by atoms with Crippen LogP contribution in [0.2, 0.25) is 0 Å². The van der Waals surface area contributed by atoms with Gasteiger partial charge in [-0.25, -0.2) is 0 Å². The maximum absolute atomic E-state index is 5.81. The predicted octanol–water partition coefficient (Wildman–Crippen LogP) is 3.07. The number of hydrogen-bond donors (Lipinski definition) is 2. The molecule has 0 aliphatic heterocycles. The maximum Gasteiger partial charge on any atom is 0.193 e. The quantitative estimate of drug-likeness (QED) is 0.347. The minimum atomic E-state index is 0. The van der Waals surface area contributed by atoms with Crippen molar-refractivity contribution in [3.63, 3.8) is 0 Å². The minimum absolute atomic E-state index is 0. The number of ether oxygens (including phenoxy) is 1. The van der Waals surface area contributed by atoms with E-state index in [-0.39, 0.29) is 24.0 Å². The third-order valence-electron chi connectivity index (χ3n) is 2.71. The van der Waals surface area contributed by atoms with Crippen LogP contribution in [0.1, 0.15) is 24.5 Å². The number of nitrogens with zero attached hydrogens (tertiary/aromatic N) is 1. The zero-order valence-corrected chi connectivity index (χ0v) is 14.2. The highest BCUT2D eigenvalue weighted by atomic mass is 127. The van der Waals surface area contributed by atoms with Crippen molar-refractivity contribution in [1.82, 2.24) is 0 Å². The summed E-state index contributed by atoms with van der Waals surface area (Å²) in [5.41, 5.74) is 9.29. The van der Waals surface area contributed by atoms with Gasteiger partial charge in [-0.2, -0.15) is 0 Å². The fourth-order valence-electron chi connectivity index (χ4n) is 1.52. The lowest BCUT2D eigenvalue weighted by molar-refractivity contribution is 0.146. The van der Waals surface area contributed by atoms with E-state index in [1.54, 1.807) is 0 Å². The standard InChI is InChI=1S/C14H23N3O.HI/c1-4-18-9-5-8-16-14(15)17-13-7-6-11(2)12(3)10-13;/h6-7,10H,4-5,8-9H2,1-3H3,(H3,15,16,17);1H. The Kier molecular flexibility index (Phi) is 9.59. The Morgan fingerprint density at radius 3 is 2.68 bits per heavy atom. The van der Waals surface area contributed by atoms with Gasteiger partial charge in [0.1, 0.15) is 0 Å². The first-order valence-electron chi connectivity index (χ1n) is 6.35. The van der Waals surface area contributed by atoms with Gasteiger partial charge in [0, 0.05) is 25.4 Å². The molecular weight excluding hydrogens is 353 g/mol. The van der Waals surface area contributed by atoms with Crippen molar-refractivity contribution in [2.45, 2.75) is 27.2 Å². The molecule has 1 aromatic rings. The normalized spacial score (nSPS) is 11.0. The number of halogens is 1. The van der Waals surface area contributed by atoms with E-state index in [2.05, 4.69) is 36.3 Å². The van der Waals surface area contributed by atoms with E-state index in [0.29, 0.717) is 12.5 Å². The molecule has 0 saturated heterocycles. The van der Waals surface area contributed by atoms with Gasteiger partial charge in [0.25, 0.3) is 0 Å². The third kappa shape index (κ3) is 7.37. The molecule has 0 spiro atoms. The summed E-state index contributed by atoms with van der Waals surface area (Å²) in [6.07, 6.45) is 0.892. The summed E-state index contributed by atoms with van der Waals surface area (Å²) in [4.78, 5) is 4.25. The smallest absolute Gasteiger partial charge is 0.193 e. The van der Waals surface area contributed by atoms with Crippen LogP contribution >= 0.6 is 24.0 Å². The van der Waals surface area contributed by atoms with Crippen LogP contribution in [0.3, 0.4) is 0 Å². The number of nitrogens with one attached hydrogen (secondary N) is 1. The van der Waals surface area contributed by atoms with Gasteiger partial charge in [-0.1, -0.05) is 6.07 Å². The van der Waals surface area contributed by atoms with Gasteiger partial charge in [-0.15, -0.1) is 24.0 Å². The molecule has 0 bridgehead atoms. The van der Waals surface area contributed by atoms with E-state index in [1.807, 2.05) is 13.0 Å². The summed E-state index contributed by atoms with van der Waals surface area (Å²) < 4.78 is 5.23. The van der Waals surface area contributed by atoms with E-state index in [0.717, 1.165) is 25.3 Å². The number of guanidine groups is 1. The maximum atomic E-state index is 5.81. The molecule has 0 fully saturated rings. The number of aryl methyl sites for hydroxylation is 2. The Morgan fingerprint density at radius 2 is 2.05 bits per heavy atom. The average molecular weight is 377 g/mol. The van der Waals surface area contributed by atoms with Gasteiger partial charge in [0.05, 0.1) is 0 Å². The average Bonchev–Trinajstić information content (AvgIpc) is 2.34. The molecule has 0 atom stereocenters. The second-order valence-corrected chi connectivity index (χ2v) is 4.24. The van der Waals surface area contributed by atoms with Crippen LogP contribution in [0.5, 0.6) is 0 Å². The van der Waals surface area contributed by atoms with Gasteiger partial charge in [-0.3, -0.25) is 4.99 Å². The van der Waals surface area contributed by atoms with E-state index >= 15 is 0 Å². The van der Waals surface area contributed by atoms with Gasteiger partial charge < -0.3 is 15.8 Å². The van der Waals surface area contributed by atoms with Crippen LogP contribution in [-0.4, -0.2) is 25.7 Å². The number of rotatable bonds is 6. The lowest BCUT2D eigenvalue weighted by atomic mass is 10.1. The summed E-state index contributed by atoms with van der Waals surface area (Å²) in [6.45, 7) is 8.32. The third-order valence-corrected chi connectivity index (χ3v) is 2.71. The summed E-state index contributed by atoms with van der Waals surface area (Å²) in [5, 5.41) is 3.09. The molecule has 0 unspecified atom stereocenters. The van der Waals surface area contributed by atoms with E-state index in [4.69, 9.17) is 10.5 Å². The van der Waals surface area contributed by atoms with E-state index < -0.39 is 0 Å². The van der Waals surface area contributed by atoms with Crippen molar-refractivity contribution in [2.24, 2.45) is 10.7 Å². The fourth-order valence-corrected chi connectivity index (χ4v) is 1.52. The molecule has 0 heterocycles. The number of benzene rings is 1. The van der Waals surface area contributed by atoms with Gasteiger partial charge in [0.2, 0.25) is 0 Å². The highest BCUT2D eigenvalue weighted by molar-refractivity contribution is 14.0. The highest BCUT2D eigenvalue weighted by Crippen LogP contribution is 2.13. The summed E-state index contributed by atoms with van der Waals surface area (Å²) >= 11 is 0. The SMILES string of the molecule is CCOCCCN=C(N)Nc1ccc(C)c(C)c1.I. The lowest BCUT2D eigenvalue weighted by Gasteiger charge is -2.08. The molecule has 3 N–H and O–H groups in total. The van der Waals surface area contributed by atoms with Crippen molar-refractivity contribution < 1.29 is 4.74 Å². The lowest BCUT2D eigenvalue weighted by Crippen LogP contribution is -2.23. The van der Waals surface area contributed by atoms with Crippen molar-refractivity contribution in [1.29, 1.82) is 0 Å². The molecule has 19 heavy (non-hydrogen) atoms. The summed E-state index contributed by atoms with van der Waals surface area (Å²) in [5.74, 6) is 0.453. The molecule has 108 valence electrons. The van der Waals surface area contributed by atoms with Gasteiger partial charge in [0.15, 0.2) is 5.96 Å². The van der Waals surface area contributed by atoms with Crippen molar-refractivity contribution >= 4 is 35.6 Å². The van der Waals surface area contributed by atoms with E-state index in [1.165, 1.54) is 11.1 Å². The monoisotopic (exact) mass is 377 g/mol.